The molecule has 0 bridgehead atoms. The van der Waals surface area contributed by atoms with Crippen LogP contribution in [0.3, 0.4) is 0 Å². The summed E-state index contributed by atoms with van der Waals surface area (Å²) >= 11 is 3.40. The second kappa shape index (κ2) is 5.46. The molecule has 1 saturated heterocycles. The highest BCUT2D eigenvalue weighted by Gasteiger charge is 2.16. The van der Waals surface area contributed by atoms with Gasteiger partial charge in [0, 0.05) is 17.1 Å². The second-order valence-corrected chi connectivity index (χ2v) is 4.98. The summed E-state index contributed by atoms with van der Waals surface area (Å²) in [6, 6.07) is 8.16. The van der Waals surface area contributed by atoms with Crippen molar-refractivity contribution in [1.82, 2.24) is 10.6 Å². The van der Waals surface area contributed by atoms with Crippen LogP contribution in [0, 0.1) is 0 Å². The van der Waals surface area contributed by atoms with Crippen LogP contribution in [0.25, 0.3) is 0 Å². The highest BCUT2D eigenvalue weighted by molar-refractivity contribution is 9.10. The van der Waals surface area contributed by atoms with Gasteiger partial charge in [0.05, 0.1) is 6.42 Å². The van der Waals surface area contributed by atoms with E-state index in [-0.39, 0.29) is 5.91 Å². The maximum atomic E-state index is 11.7. The molecule has 1 aromatic rings. The SMILES string of the molecule is O=C(Cc1cccc(Br)c1)NC1CCNC1. The zero-order valence-corrected chi connectivity index (χ0v) is 10.6. The number of amides is 1. The molecule has 3 nitrogen and oxygen atoms in total. The molecule has 1 aliphatic rings. The number of rotatable bonds is 3. The molecule has 2 N–H and O–H groups in total. The summed E-state index contributed by atoms with van der Waals surface area (Å²) in [5, 5.41) is 6.26. The molecule has 0 spiro atoms. The molecule has 16 heavy (non-hydrogen) atoms. The Kier molecular flexibility index (Phi) is 3.96. The summed E-state index contributed by atoms with van der Waals surface area (Å²) in [6.45, 7) is 1.89. The zero-order valence-electron chi connectivity index (χ0n) is 9.00. The van der Waals surface area contributed by atoms with Crippen LogP contribution in [-0.2, 0) is 11.2 Å². The average molecular weight is 283 g/mol. The third kappa shape index (κ3) is 3.32. The number of carbonyl (C=O) groups is 1. The number of carbonyl (C=O) groups excluding carboxylic acids is 1. The molecule has 1 amide bonds. The van der Waals surface area contributed by atoms with Gasteiger partial charge in [-0.3, -0.25) is 4.79 Å². The van der Waals surface area contributed by atoms with Gasteiger partial charge in [-0.15, -0.1) is 0 Å². The summed E-state index contributed by atoms with van der Waals surface area (Å²) in [4.78, 5) is 11.7. The van der Waals surface area contributed by atoms with Crippen molar-refractivity contribution >= 4 is 21.8 Å². The molecule has 0 aromatic heterocycles. The minimum atomic E-state index is 0.104. The first-order chi connectivity index (χ1) is 7.74. The highest BCUT2D eigenvalue weighted by atomic mass is 79.9. The standard InChI is InChI=1S/C12H15BrN2O/c13-10-3-1-2-9(6-10)7-12(16)15-11-4-5-14-8-11/h1-3,6,11,14H,4-5,7-8H2,(H,15,16). The summed E-state index contributed by atoms with van der Waals surface area (Å²) in [5.41, 5.74) is 1.04. The van der Waals surface area contributed by atoms with Gasteiger partial charge in [-0.1, -0.05) is 28.1 Å². The van der Waals surface area contributed by atoms with E-state index in [1.165, 1.54) is 0 Å². The van der Waals surface area contributed by atoms with E-state index in [9.17, 15) is 4.79 Å². The molecule has 1 unspecified atom stereocenters. The van der Waals surface area contributed by atoms with Crippen LogP contribution in [0.4, 0.5) is 0 Å². The Hall–Kier alpha value is -0.870. The smallest absolute Gasteiger partial charge is 0.224 e. The first-order valence-electron chi connectivity index (χ1n) is 5.48. The number of nitrogens with one attached hydrogen (secondary N) is 2. The predicted octanol–water partition coefficient (Wildman–Crippen LogP) is 1.47. The van der Waals surface area contributed by atoms with E-state index in [0.717, 1.165) is 29.5 Å². The molecular formula is C12H15BrN2O. The molecule has 86 valence electrons. The van der Waals surface area contributed by atoms with Crippen LogP contribution in [-0.4, -0.2) is 25.0 Å². The number of benzene rings is 1. The summed E-state index contributed by atoms with van der Waals surface area (Å²) in [6.07, 6.45) is 1.49. The largest absolute Gasteiger partial charge is 0.352 e. The van der Waals surface area contributed by atoms with Crippen LogP contribution >= 0.6 is 15.9 Å². The van der Waals surface area contributed by atoms with Crippen molar-refractivity contribution in [3.05, 3.63) is 34.3 Å². The third-order valence-electron chi connectivity index (χ3n) is 2.68. The Morgan fingerprint density at radius 3 is 3.12 bits per heavy atom. The number of hydrogen-bond donors (Lipinski definition) is 2. The van der Waals surface area contributed by atoms with E-state index in [0.29, 0.717) is 12.5 Å². The molecule has 1 fully saturated rings. The van der Waals surface area contributed by atoms with Crippen molar-refractivity contribution in [1.29, 1.82) is 0 Å². The van der Waals surface area contributed by atoms with Gasteiger partial charge in [-0.05, 0) is 30.7 Å². The lowest BCUT2D eigenvalue weighted by Crippen LogP contribution is -2.37. The van der Waals surface area contributed by atoms with Crippen molar-refractivity contribution in [3.63, 3.8) is 0 Å². The fourth-order valence-corrected chi connectivity index (χ4v) is 2.34. The molecular weight excluding hydrogens is 268 g/mol. The van der Waals surface area contributed by atoms with Gasteiger partial charge in [0.15, 0.2) is 0 Å². The van der Waals surface area contributed by atoms with E-state index in [4.69, 9.17) is 0 Å². The van der Waals surface area contributed by atoms with Crippen LogP contribution in [0.15, 0.2) is 28.7 Å². The van der Waals surface area contributed by atoms with E-state index >= 15 is 0 Å². The Morgan fingerprint density at radius 2 is 2.44 bits per heavy atom. The lowest BCUT2D eigenvalue weighted by Gasteiger charge is -2.11. The first-order valence-corrected chi connectivity index (χ1v) is 6.28. The van der Waals surface area contributed by atoms with Crippen molar-refractivity contribution < 1.29 is 4.79 Å². The minimum Gasteiger partial charge on any atom is -0.352 e. The van der Waals surface area contributed by atoms with Gasteiger partial charge in [0.2, 0.25) is 5.91 Å². The lowest BCUT2D eigenvalue weighted by atomic mass is 10.1. The van der Waals surface area contributed by atoms with Crippen molar-refractivity contribution in [3.8, 4) is 0 Å². The van der Waals surface area contributed by atoms with Crippen LogP contribution in [0.1, 0.15) is 12.0 Å². The second-order valence-electron chi connectivity index (χ2n) is 4.06. The van der Waals surface area contributed by atoms with Gasteiger partial charge in [-0.25, -0.2) is 0 Å². The Balaban J connectivity index is 1.86. The molecule has 1 atom stereocenters. The summed E-state index contributed by atoms with van der Waals surface area (Å²) in [5.74, 6) is 0.104. The number of hydrogen-bond acceptors (Lipinski definition) is 2. The van der Waals surface area contributed by atoms with Gasteiger partial charge in [0.25, 0.3) is 0 Å². The van der Waals surface area contributed by atoms with Gasteiger partial charge < -0.3 is 10.6 Å². The Bertz CT molecular complexity index is 375. The highest BCUT2D eigenvalue weighted by Crippen LogP contribution is 2.12. The topological polar surface area (TPSA) is 41.1 Å². The van der Waals surface area contributed by atoms with E-state index in [1.807, 2.05) is 24.3 Å². The van der Waals surface area contributed by atoms with Gasteiger partial charge >= 0.3 is 0 Å². The molecule has 0 aliphatic carbocycles. The minimum absolute atomic E-state index is 0.104. The molecule has 2 rings (SSSR count). The average Bonchev–Trinajstić information content (AvgIpc) is 2.70. The van der Waals surface area contributed by atoms with Crippen molar-refractivity contribution in [2.45, 2.75) is 18.9 Å². The third-order valence-corrected chi connectivity index (χ3v) is 3.17. The normalized spacial score (nSPS) is 19.7. The number of halogens is 1. The maximum Gasteiger partial charge on any atom is 0.224 e. The van der Waals surface area contributed by atoms with E-state index in [1.54, 1.807) is 0 Å². The molecule has 1 heterocycles. The molecule has 0 saturated carbocycles. The van der Waals surface area contributed by atoms with Crippen LogP contribution in [0.5, 0.6) is 0 Å². The Labute approximate surface area is 104 Å². The summed E-state index contributed by atoms with van der Waals surface area (Å²) in [7, 11) is 0. The Morgan fingerprint density at radius 1 is 1.56 bits per heavy atom. The molecule has 1 aromatic carbocycles. The van der Waals surface area contributed by atoms with Gasteiger partial charge in [0.1, 0.15) is 0 Å². The fourth-order valence-electron chi connectivity index (χ4n) is 1.89. The summed E-state index contributed by atoms with van der Waals surface area (Å²) < 4.78 is 1.01. The monoisotopic (exact) mass is 282 g/mol. The lowest BCUT2D eigenvalue weighted by molar-refractivity contribution is -0.121. The van der Waals surface area contributed by atoms with E-state index < -0.39 is 0 Å². The maximum absolute atomic E-state index is 11.7. The van der Waals surface area contributed by atoms with Crippen LogP contribution in [0.2, 0.25) is 0 Å². The van der Waals surface area contributed by atoms with Crippen LogP contribution < -0.4 is 10.6 Å². The van der Waals surface area contributed by atoms with Gasteiger partial charge in [-0.2, -0.15) is 0 Å². The quantitative estimate of drug-likeness (QED) is 0.882. The van der Waals surface area contributed by atoms with Crippen molar-refractivity contribution in [2.24, 2.45) is 0 Å². The van der Waals surface area contributed by atoms with Crippen molar-refractivity contribution in [2.75, 3.05) is 13.1 Å². The zero-order chi connectivity index (χ0) is 11.4. The predicted molar refractivity (Wildman–Crippen MR) is 67.3 cm³/mol. The molecule has 1 aliphatic heterocycles. The van der Waals surface area contributed by atoms with E-state index in [2.05, 4.69) is 26.6 Å². The molecule has 4 heteroatoms. The fraction of sp³-hybridized carbons (Fsp3) is 0.417. The first kappa shape index (κ1) is 11.6. The molecule has 0 radical (unpaired) electrons.